The van der Waals surface area contributed by atoms with Gasteiger partial charge in [-0.25, -0.2) is 4.98 Å². The first-order valence-corrected chi connectivity index (χ1v) is 9.21. The van der Waals surface area contributed by atoms with Crippen molar-refractivity contribution in [2.24, 2.45) is 5.92 Å². The summed E-state index contributed by atoms with van der Waals surface area (Å²) in [6.07, 6.45) is 6.57. The summed E-state index contributed by atoms with van der Waals surface area (Å²) in [7, 11) is 0. The predicted octanol–water partition coefficient (Wildman–Crippen LogP) is 5.04. The molecule has 0 bridgehead atoms. The van der Waals surface area contributed by atoms with Crippen LogP contribution in [0.3, 0.4) is 0 Å². The fraction of sp³-hybridized carbons (Fsp3) is 0.550. The van der Waals surface area contributed by atoms with Crippen molar-refractivity contribution < 1.29 is 0 Å². The zero-order valence-corrected chi connectivity index (χ0v) is 16.3. The number of pyridine rings is 1. The van der Waals surface area contributed by atoms with E-state index in [9.17, 15) is 0 Å². The number of halogens is 1. The number of fused-ring (bicyclic) bond motifs is 1. The molecule has 130 valence electrons. The number of aromatic nitrogens is 1. The Hall–Kier alpha value is -1.29. The largest absolute Gasteiger partial charge is 0.371 e. The molecule has 0 spiro atoms. The fourth-order valence-corrected chi connectivity index (χ4v) is 3.94. The molecule has 0 saturated carbocycles. The molecular weight excluding hydrogens is 362 g/mol. The molecule has 0 radical (unpaired) electrons. The minimum atomic E-state index is 0. The molecule has 1 aromatic carbocycles. The Morgan fingerprint density at radius 2 is 1.62 bits per heavy atom. The smallest absolute Gasteiger partial charge is 0.131 e. The van der Waals surface area contributed by atoms with Crippen LogP contribution >= 0.6 is 17.0 Å². The van der Waals surface area contributed by atoms with Gasteiger partial charge in [-0.05, 0) is 44.1 Å². The molecule has 3 heterocycles. The van der Waals surface area contributed by atoms with Crippen LogP contribution in [-0.2, 0) is 0 Å². The average molecular weight is 390 g/mol. The van der Waals surface area contributed by atoms with Gasteiger partial charge in [-0.2, -0.15) is 0 Å². The molecule has 2 fully saturated rings. The fourth-order valence-electron chi connectivity index (χ4n) is 3.94. The summed E-state index contributed by atoms with van der Waals surface area (Å²) < 4.78 is 0. The van der Waals surface area contributed by atoms with Gasteiger partial charge in [0.15, 0.2) is 0 Å². The van der Waals surface area contributed by atoms with E-state index in [0.29, 0.717) is 0 Å². The highest BCUT2D eigenvalue weighted by Gasteiger charge is 2.20. The molecule has 2 saturated heterocycles. The Balaban J connectivity index is 0.00000169. The van der Waals surface area contributed by atoms with Crippen LogP contribution < -0.4 is 9.80 Å². The molecule has 4 rings (SSSR count). The minimum absolute atomic E-state index is 0. The highest BCUT2D eigenvalue weighted by molar-refractivity contribution is 8.93. The van der Waals surface area contributed by atoms with Crippen molar-refractivity contribution in [1.82, 2.24) is 4.98 Å². The number of piperidine rings is 2. The lowest BCUT2D eigenvalue weighted by molar-refractivity contribution is 0.437. The van der Waals surface area contributed by atoms with Crippen LogP contribution in [0.2, 0.25) is 0 Å². The summed E-state index contributed by atoms with van der Waals surface area (Å²) in [6.45, 7) is 7.02. The van der Waals surface area contributed by atoms with Crippen LogP contribution in [-0.4, -0.2) is 31.2 Å². The first kappa shape index (κ1) is 17.5. The standard InChI is InChI=1S/C20H27N3.BrH/c1-16-9-13-23(14-10-16)20-15-19(22-11-5-2-6-12-22)17-7-3-4-8-18(17)21-20;/h3-4,7-8,15-16H,2,5-6,9-14H2,1H3;1H. The number of anilines is 2. The quantitative estimate of drug-likeness (QED) is 0.716. The van der Waals surface area contributed by atoms with E-state index in [1.807, 2.05) is 0 Å². The lowest BCUT2D eigenvalue weighted by atomic mass is 9.99. The predicted molar refractivity (Wildman–Crippen MR) is 109 cm³/mol. The first-order valence-electron chi connectivity index (χ1n) is 9.21. The van der Waals surface area contributed by atoms with E-state index in [1.54, 1.807) is 0 Å². The third-order valence-electron chi connectivity index (χ3n) is 5.49. The molecule has 0 amide bonds. The number of para-hydroxylation sites is 1. The van der Waals surface area contributed by atoms with Crippen molar-refractivity contribution in [2.75, 3.05) is 36.0 Å². The molecule has 0 unspecified atom stereocenters. The lowest BCUT2D eigenvalue weighted by Crippen LogP contribution is -2.34. The van der Waals surface area contributed by atoms with Gasteiger partial charge in [0.2, 0.25) is 0 Å². The number of rotatable bonds is 2. The van der Waals surface area contributed by atoms with Gasteiger partial charge < -0.3 is 9.80 Å². The monoisotopic (exact) mass is 389 g/mol. The van der Waals surface area contributed by atoms with E-state index in [-0.39, 0.29) is 17.0 Å². The molecule has 0 N–H and O–H groups in total. The van der Waals surface area contributed by atoms with Crippen LogP contribution in [0.1, 0.15) is 39.0 Å². The molecule has 24 heavy (non-hydrogen) atoms. The highest BCUT2D eigenvalue weighted by Crippen LogP contribution is 2.33. The highest BCUT2D eigenvalue weighted by atomic mass is 79.9. The lowest BCUT2D eigenvalue weighted by Gasteiger charge is -2.34. The average Bonchev–Trinajstić information content (AvgIpc) is 2.62. The Labute approximate surface area is 155 Å². The molecule has 2 aromatic rings. The zero-order chi connectivity index (χ0) is 15.6. The molecule has 0 atom stereocenters. The van der Waals surface area contributed by atoms with Crippen molar-refractivity contribution >= 4 is 39.4 Å². The Bertz CT molecular complexity index is 674. The minimum Gasteiger partial charge on any atom is -0.371 e. The summed E-state index contributed by atoms with van der Waals surface area (Å²) in [5.41, 5.74) is 2.54. The molecule has 4 heteroatoms. The second kappa shape index (κ2) is 7.73. The molecular formula is C20H28BrN3. The van der Waals surface area contributed by atoms with Gasteiger partial charge in [-0.15, -0.1) is 17.0 Å². The zero-order valence-electron chi connectivity index (χ0n) is 14.6. The number of nitrogens with zero attached hydrogens (tertiary/aromatic N) is 3. The van der Waals surface area contributed by atoms with Crippen molar-refractivity contribution in [1.29, 1.82) is 0 Å². The van der Waals surface area contributed by atoms with E-state index in [1.165, 1.54) is 62.1 Å². The second-order valence-corrected chi connectivity index (χ2v) is 7.23. The van der Waals surface area contributed by atoms with E-state index in [0.717, 1.165) is 24.5 Å². The van der Waals surface area contributed by atoms with E-state index < -0.39 is 0 Å². The Morgan fingerprint density at radius 3 is 2.38 bits per heavy atom. The molecule has 2 aliphatic rings. The summed E-state index contributed by atoms with van der Waals surface area (Å²) in [4.78, 5) is 10.0. The Kier molecular flexibility index (Phi) is 5.65. The number of benzene rings is 1. The molecule has 0 aliphatic carbocycles. The third kappa shape index (κ3) is 3.53. The van der Waals surface area contributed by atoms with E-state index in [2.05, 4.69) is 47.1 Å². The van der Waals surface area contributed by atoms with E-state index in [4.69, 9.17) is 4.98 Å². The summed E-state index contributed by atoms with van der Waals surface area (Å²) in [5.74, 6) is 2.03. The van der Waals surface area contributed by atoms with Gasteiger partial charge >= 0.3 is 0 Å². The van der Waals surface area contributed by atoms with Crippen molar-refractivity contribution in [3.63, 3.8) is 0 Å². The van der Waals surface area contributed by atoms with Gasteiger partial charge in [0, 0.05) is 43.3 Å². The van der Waals surface area contributed by atoms with Gasteiger partial charge in [-0.3, -0.25) is 0 Å². The van der Waals surface area contributed by atoms with E-state index >= 15 is 0 Å². The van der Waals surface area contributed by atoms with Gasteiger partial charge in [0.25, 0.3) is 0 Å². The third-order valence-corrected chi connectivity index (χ3v) is 5.49. The molecule has 2 aliphatic heterocycles. The van der Waals surface area contributed by atoms with Crippen LogP contribution in [0.25, 0.3) is 10.9 Å². The van der Waals surface area contributed by atoms with Crippen LogP contribution in [0.4, 0.5) is 11.5 Å². The van der Waals surface area contributed by atoms with Crippen molar-refractivity contribution in [3.8, 4) is 0 Å². The van der Waals surface area contributed by atoms with Crippen molar-refractivity contribution in [2.45, 2.75) is 39.0 Å². The maximum absolute atomic E-state index is 4.98. The number of hydrogen-bond acceptors (Lipinski definition) is 3. The summed E-state index contributed by atoms with van der Waals surface area (Å²) >= 11 is 0. The summed E-state index contributed by atoms with van der Waals surface area (Å²) in [5, 5.41) is 1.31. The van der Waals surface area contributed by atoms with Crippen molar-refractivity contribution in [3.05, 3.63) is 30.3 Å². The van der Waals surface area contributed by atoms with Crippen LogP contribution in [0.5, 0.6) is 0 Å². The van der Waals surface area contributed by atoms with Crippen LogP contribution in [0.15, 0.2) is 30.3 Å². The van der Waals surface area contributed by atoms with Crippen LogP contribution in [0, 0.1) is 5.92 Å². The second-order valence-electron chi connectivity index (χ2n) is 7.23. The Morgan fingerprint density at radius 1 is 0.917 bits per heavy atom. The summed E-state index contributed by atoms with van der Waals surface area (Å²) in [6, 6.07) is 11.0. The first-order chi connectivity index (χ1) is 11.3. The molecule has 1 aromatic heterocycles. The number of hydrogen-bond donors (Lipinski definition) is 0. The SMILES string of the molecule is Br.CC1CCN(c2cc(N3CCCCC3)c3ccccc3n2)CC1. The maximum atomic E-state index is 4.98. The van der Waals surface area contributed by atoms with Gasteiger partial charge in [-0.1, -0.05) is 25.1 Å². The normalized spacial score (nSPS) is 19.4. The topological polar surface area (TPSA) is 19.4 Å². The molecule has 3 nitrogen and oxygen atoms in total. The van der Waals surface area contributed by atoms with Gasteiger partial charge in [0.1, 0.15) is 5.82 Å². The van der Waals surface area contributed by atoms with Gasteiger partial charge in [0.05, 0.1) is 5.52 Å². The maximum Gasteiger partial charge on any atom is 0.131 e.